The Labute approximate surface area is 154 Å². The van der Waals surface area contributed by atoms with Crippen molar-refractivity contribution in [2.75, 3.05) is 12.4 Å². The van der Waals surface area contributed by atoms with Crippen LogP contribution in [0, 0.1) is 11.6 Å². The van der Waals surface area contributed by atoms with Crippen LogP contribution in [-0.2, 0) is 4.79 Å². The van der Waals surface area contributed by atoms with Gasteiger partial charge in [-0.3, -0.25) is 9.59 Å². The molecule has 2 amide bonds. The van der Waals surface area contributed by atoms with Gasteiger partial charge >= 0.3 is 0 Å². The van der Waals surface area contributed by atoms with Gasteiger partial charge in [-0.15, -0.1) is 11.8 Å². The van der Waals surface area contributed by atoms with Crippen LogP contribution in [0.3, 0.4) is 0 Å². The fourth-order valence-corrected chi connectivity index (χ4v) is 3.65. The SMILES string of the molecule is CC1Sc2ccc(C(=O)N(C)C(C)c3ccc(F)c(F)c3)cc2NC1=O. The zero-order valence-electron chi connectivity index (χ0n) is 14.5. The Bertz CT molecular complexity index is 888. The van der Waals surface area contributed by atoms with Crippen molar-refractivity contribution in [1.82, 2.24) is 4.90 Å². The quantitative estimate of drug-likeness (QED) is 0.872. The molecule has 0 saturated heterocycles. The minimum Gasteiger partial charge on any atom is -0.335 e. The summed E-state index contributed by atoms with van der Waals surface area (Å²) in [4.78, 5) is 27.0. The summed E-state index contributed by atoms with van der Waals surface area (Å²) in [6.45, 7) is 3.56. The smallest absolute Gasteiger partial charge is 0.254 e. The first-order valence-electron chi connectivity index (χ1n) is 8.11. The van der Waals surface area contributed by atoms with Gasteiger partial charge in [-0.25, -0.2) is 8.78 Å². The highest BCUT2D eigenvalue weighted by Gasteiger charge is 2.25. The minimum absolute atomic E-state index is 0.101. The number of hydrogen-bond acceptors (Lipinski definition) is 3. The van der Waals surface area contributed by atoms with Crippen LogP contribution in [0.1, 0.15) is 35.8 Å². The molecule has 2 aromatic carbocycles. The van der Waals surface area contributed by atoms with Gasteiger partial charge in [0.05, 0.1) is 17.0 Å². The molecule has 3 rings (SSSR count). The fraction of sp³-hybridized carbons (Fsp3) is 0.263. The van der Waals surface area contributed by atoms with Crippen molar-refractivity contribution in [2.45, 2.75) is 30.0 Å². The summed E-state index contributed by atoms with van der Waals surface area (Å²) in [6, 6.07) is 8.30. The number of hydrogen-bond donors (Lipinski definition) is 1. The first-order chi connectivity index (χ1) is 12.3. The first kappa shape index (κ1) is 18.4. The van der Waals surface area contributed by atoms with Crippen LogP contribution < -0.4 is 5.32 Å². The molecular weight excluding hydrogens is 358 g/mol. The lowest BCUT2D eigenvalue weighted by molar-refractivity contribution is -0.115. The van der Waals surface area contributed by atoms with Gasteiger partial charge in [0.2, 0.25) is 5.91 Å². The van der Waals surface area contributed by atoms with Crippen LogP contribution in [-0.4, -0.2) is 29.0 Å². The maximum atomic E-state index is 13.5. The predicted molar refractivity (Wildman–Crippen MR) is 97.3 cm³/mol. The largest absolute Gasteiger partial charge is 0.335 e. The molecule has 136 valence electrons. The Morgan fingerprint density at radius 1 is 1.19 bits per heavy atom. The van der Waals surface area contributed by atoms with Crippen LogP contribution >= 0.6 is 11.8 Å². The second kappa shape index (κ2) is 7.07. The van der Waals surface area contributed by atoms with Crippen molar-refractivity contribution >= 4 is 29.3 Å². The number of benzene rings is 2. The van der Waals surface area contributed by atoms with Gasteiger partial charge in [-0.2, -0.15) is 0 Å². The normalized spacial score (nSPS) is 17.3. The van der Waals surface area contributed by atoms with E-state index in [1.807, 2.05) is 6.92 Å². The molecule has 0 spiro atoms. The Morgan fingerprint density at radius 2 is 1.92 bits per heavy atom. The van der Waals surface area contributed by atoms with E-state index in [9.17, 15) is 18.4 Å². The summed E-state index contributed by atoms with van der Waals surface area (Å²) in [5.41, 5.74) is 1.52. The summed E-state index contributed by atoms with van der Waals surface area (Å²) in [5, 5.41) is 2.62. The van der Waals surface area contributed by atoms with Crippen molar-refractivity contribution in [3.63, 3.8) is 0 Å². The lowest BCUT2D eigenvalue weighted by Crippen LogP contribution is -2.30. The van der Waals surface area contributed by atoms with E-state index in [4.69, 9.17) is 0 Å². The van der Waals surface area contributed by atoms with Crippen LogP contribution in [0.25, 0.3) is 0 Å². The Balaban J connectivity index is 1.83. The fourth-order valence-electron chi connectivity index (χ4n) is 2.72. The second-order valence-electron chi connectivity index (χ2n) is 6.23. The molecule has 0 saturated carbocycles. The Kier molecular flexibility index (Phi) is 5.00. The zero-order chi connectivity index (χ0) is 19.0. The van der Waals surface area contributed by atoms with E-state index in [-0.39, 0.29) is 17.1 Å². The lowest BCUT2D eigenvalue weighted by atomic mass is 10.1. The number of anilines is 1. The number of thioether (sulfide) groups is 1. The van der Waals surface area contributed by atoms with Crippen molar-refractivity contribution < 1.29 is 18.4 Å². The van der Waals surface area contributed by atoms with E-state index in [0.717, 1.165) is 17.0 Å². The van der Waals surface area contributed by atoms with Crippen LogP contribution in [0.4, 0.5) is 14.5 Å². The number of halogens is 2. The number of nitrogens with one attached hydrogen (secondary N) is 1. The van der Waals surface area contributed by atoms with Gasteiger partial charge in [-0.1, -0.05) is 6.07 Å². The summed E-state index contributed by atoms with van der Waals surface area (Å²) in [7, 11) is 1.60. The topological polar surface area (TPSA) is 49.4 Å². The van der Waals surface area contributed by atoms with E-state index in [2.05, 4.69) is 5.32 Å². The molecule has 2 unspecified atom stereocenters. The molecule has 0 bridgehead atoms. The van der Waals surface area contributed by atoms with Crippen molar-refractivity contribution in [3.05, 3.63) is 59.2 Å². The highest BCUT2D eigenvalue weighted by molar-refractivity contribution is 8.00. The molecule has 1 aliphatic rings. The highest BCUT2D eigenvalue weighted by atomic mass is 32.2. The van der Waals surface area contributed by atoms with Gasteiger partial charge in [0.15, 0.2) is 11.6 Å². The van der Waals surface area contributed by atoms with Gasteiger partial charge in [0.1, 0.15) is 0 Å². The van der Waals surface area contributed by atoms with Crippen LogP contribution in [0.5, 0.6) is 0 Å². The van der Waals surface area contributed by atoms with Crippen molar-refractivity contribution in [2.24, 2.45) is 0 Å². The summed E-state index contributed by atoms with van der Waals surface area (Å²) < 4.78 is 26.6. The molecule has 1 N–H and O–H groups in total. The molecule has 7 heteroatoms. The highest BCUT2D eigenvalue weighted by Crippen LogP contribution is 2.36. The summed E-state index contributed by atoms with van der Waals surface area (Å²) in [6.07, 6.45) is 0. The van der Waals surface area contributed by atoms with E-state index in [1.165, 1.54) is 22.7 Å². The molecule has 0 fully saturated rings. The minimum atomic E-state index is -0.946. The molecule has 4 nitrogen and oxygen atoms in total. The zero-order valence-corrected chi connectivity index (χ0v) is 15.4. The van der Waals surface area contributed by atoms with Crippen molar-refractivity contribution in [1.29, 1.82) is 0 Å². The summed E-state index contributed by atoms with van der Waals surface area (Å²) >= 11 is 1.44. The third-order valence-electron chi connectivity index (χ3n) is 4.48. The van der Waals surface area contributed by atoms with Gasteiger partial charge < -0.3 is 10.2 Å². The van der Waals surface area contributed by atoms with Gasteiger partial charge in [0.25, 0.3) is 5.91 Å². The number of rotatable bonds is 3. The van der Waals surface area contributed by atoms with E-state index in [1.54, 1.807) is 32.2 Å². The number of fused-ring (bicyclic) bond motifs is 1. The Morgan fingerprint density at radius 3 is 2.62 bits per heavy atom. The average Bonchev–Trinajstić information content (AvgIpc) is 2.62. The molecule has 2 atom stereocenters. The second-order valence-corrected chi connectivity index (χ2v) is 7.61. The predicted octanol–water partition coefficient (Wildman–Crippen LogP) is 4.23. The van der Waals surface area contributed by atoms with Crippen LogP contribution in [0.15, 0.2) is 41.3 Å². The van der Waals surface area contributed by atoms with Crippen molar-refractivity contribution in [3.8, 4) is 0 Å². The van der Waals surface area contributed by atoms with Gasteiger partial charge in [0, 0.05) is 17.5 Å². The third-order valence-corrected chi connectivity index (χ3v) is 5.66. The van der Waals surface area contributed by atoms with Crippen LogP contribution in [0.2, 0.25) is 0 Å². The maximum absolute atomic E-state index is 13.5. The molecule has 0 radical (unpaired) electrons. The monoisotopic (exact) mass is 376 g/mol. The standard InChI is InChI=1S/C19H18F2N2O2S/c1-10(12-4-6-14(20)15(21)8-12)23(3)19(25)13-5-7-17-16(9-13)22-18(24)11(2)26-17/h4-11H,1-3H3,(H,22,24). The number of carbonyl (C=O) groups is 2. The molecule has 2 aromatic rings. The number of amides is 2. The maximum Gasteiger partial charge on any atom is 0.254 e. The molecule has 26 heavy (non-hydrogen) atoms. The Hall–Kier alpha value is -2.41. The molecule has 0 aliphatic carbocycles. The number of carbonyl (C=O) groups excluding carboxylic acids is 2. The van der Waals surface area contributed by atoms with E-state index >= 15 is 0 Å². The van der Waals surface area contributed by atoms with Gasteiger partial charge in [-0.05, 0) is 49.7 Å². The number of nitrogens with zero attached hydrogens (tertiary/aromatic N) is 1. The molecule has 0 aromatic heterocycles. The molecular formula is C19H18F2N2O2S. The molecule has 1 aliphatic heterocycles. The lowest BCUT2D eigenvalue weighted by Gasteiger charge is -2.27. The van der Waals surface area contributed by atoms with E-state index < -0.39 is 17.7 Å². The summed E-state index contributed by atoms with van der Waals surface area (Å²) in [5.74, 6) is -2.25. The third kappa shape index (κ3) is 3.44. The molecule has 1 heterocycles. The average molecular weight is 376 g/mol. The van der Waals surface area contributed by atoms with E-state index in [0.29, 0.717) is 16.8 Å². The first-order valence-corrected chi connectivity index (χ1v) is 8.99.